The van der Waals surface area contributed by atoms with Gasteiger partial charge in [-0.15, -0.1) is 0 Å². The predicted molar refractivity (Wildman–Crippen MR) is 104 cm³/mol. The van der Waals surface area contributed by atoms with Crippen LogP contribution in [0.4, 0.5) is 0 Å². The predicted octanol–water partition coefficient (Wildman–Crippen LogP) is 8.46. The molecular weight excluding hydrogens is 264 g/mol. The monoisotopic (exact) mass is 308 g/mol. The van der Waals surface area contributed by atoms with Crippen LogP contribution < -0.4 is 0 Å². The van der Waals surface area contributed by atoms with Gasteiger partial charge in [-0.25, -0.2) is 0 Å². The van der Waals surface area contributed by atoms with Gasteiger partial charge < -0.3 is 0 Å². The van der Waals surface area contributed by atoms with Crippen LogP contribution in [0.1, 0.15) is 124 Å². The van der Waals surface area contributed by atoms with Gasteiger partial charge in [-0.2, -0.15) is 0 Å². The number of allylic oxidation sites excluding steroid dienone is 2. The van der Waals surface area contributed by atoms with Crippen molar-refractivity contribution in [3.8, 4) is 0 Å². The van der Waals surface area contributed by atoms with Crippen LogP contribution in [0.2, 0.25) is 0 Å². The molecule has 132 valence electrons. The van der Waals surface area contributed by atoms with Crippen molar-refractivity contribution in [1.29, 1.82) is 0 Å². The fraction of sp³-hybridized carbons (Fsp3) is 0.909. The molecule has 22 heavy (non-hydrogen) atoms. The fourth-order valence-electron chi connectivity index (χ4n) is 2.90. The summed E-state index contributed by atoms with van der Waals surface area (Å²) in [6.45, 7) is 9.34. The van der Waals surface area contributed by atoms with Crippen LogP contribution in [0.3, 0.4) is 0 Å². The van der Waals surface area contributed by atoms with E-state index in [0.717, 1.165) is 0 Å². The lowest BCUT2D eigenvalue weighted by atomic mass is 9.89. The molecule has 0 aliphatic heterocycles. The summed E-state index contributed by atoms with van der Waals surface area (Å²) in [6.07, 6.45) is 25.9. The summed E-state index contributed by atoms with van der Waals surface area (Å²) in [5.74, 6) is 0. The second kappa shape index (κ2) is 15.6. The molecule has 0 aliphatic carbocycles. The first kappa shape index (κ1) is 21.7. The number of hydrogen-bond donors (Lipinski definition) is 0. The normalized spacial score (nSPS) is 12.4. The van der Waals surface area contributed by atoms with Crippen molar-refractivity contribution < 1.29 is 0 Å². The van der Waals surface area contributed by atoms with E-state index in [0.29, 0.717) is 5.41 Å². The topological polar surface area (TPSA) is 0 Å². The maximum absolute atomic E-state index is 2.42. The first-order valence-electron chi connectivity index (χ1n) is 10.2. The molecule has 0 amide bonds. The van der Waals surface area contributed by atoms with Crippen molar-refractivity contribution in [1.82, 2.24) is 0 Å². The van der Waals surface area contributed by atoms with Crippen LogP contribution in [0.15, 0.2) is 12.2 Å². The Morgan fingerprint density at radius 1 is 0.545 bits per heavy atom. The van der Waals surface area contributed by atoms with Gasteiger partial charge in [-0.3, -0.25) is 0 Å². The van der Waals surface area contributed by atoms with Crippen molar-refractivity contribution in [3.05, 3.63) is 12.2 Å². The number of unbranched alkanes of at least 4 members (excludes halogenated alkanes) is 12. The van der Waals surface area contributed by atoms with Crippen LogP contribution in [0.5, 0.6) is 0 Å². The van der Waals surface area contributed by atoms with E-state index in [9.17, 15) is 0 Å². The summed E-state index contributed by atoms with van der Waals surface area (Å²) in [5, 5.41) is 0. The smallest absolute Gasteiger partial charge is 0.0351 e. The maximum Gasteiger partial charge on any atom is -0.0351 e. The molecule has 0 fully saturated rings. The molecule has 0 aromatic rings. The molecule has 0 aromatic carbocycles. The average molecular weight is 309 g/mol. The molecule has 0 heterocycles. The van der Waals surface area contributed by atoms with Crippen LogP contribution in [0, 0.1) is 5.41 Å². The summed E-state index contributed by atoms with van der Waals surface area (Å²) < 4.78 is 0. The van der Waals surface area contributed by atoms with Crippen LogP contribution in [-0.4, -0.2) is 0 Å². The third-order valence-electron chi connectivity index (χ3n) is 4.44. The first-order valence-corrected chi connectivity index (χ1v) is 10.2. The van der Waals surface area contributed by atoms with Gasteiger partial charge in [0.05, 0.1) is 0 Å². The van der Waals surface area contributed by atoms with Gasteiger partial charge in [0.2, 0.25) is 0 Å². The zero-order valence-electron chi connectivity index (χ0n) is 16.3. The minimum Gasteiger partial charge on any atom is -0.0885 e. The molecule has 0 aliphatic rings. The van der Waals surface area contributed by atoms with E-state index in [1.54, 1.807) is 0 Å². The Morgan fingerprint density at radius 2 is 0.955 bits per heavy atom. The van der Waals surface area contributed by atoms with E-state index in [1.165, 1.54) is 96.3 Å². The average Bonchev–Trinajstić information content (AvgIpc) is 2.45. The van der Waals surface area contributed by atoms with E-state index >= 15 is 0 Å². The molecule has 0 bridgehead atoms. The van der Waals surface area contributed by atoms with Gasteiger partial charge in [0, 0.05) is 0 Å². The Kier molecular flexibility index (Phi) is 15.4. The van der Waals surface area contributed by atoms with Crippen molar-refractivity contribution in [3.63, 3.8) is 0 Å². The lowest BCUT2D eigenvalue weighted by molar-refractivity contribution is 0.356. The number of hydrogen-bond acceptors (Lipinski definition) is 0. The SMILES string of the molecule is CCCCCCCCC/C=C/CCCCCCCC(C)(C)C. The molecule has 0 heteroatoms. The fourth-order valence-corrected chi connectivity index (χ4v) is 2.90. The zero-order valence-corrected chi connectivity index (χ0v) is 16.3. The summed E-state index contributed by atoms with van der Waals surface area (Å²) in [4.78, 5) is 0. The van der Waals surface area contributed by atoms with Crippen LogP contribution >= 0.6 is 0 Å². The Morgan fingerprint density at radius 3 is 1.41 bits per heavy atom. The first-order chi connectivity index (χ1) is 10.6. The third kappa shape index (κ3) is 19.7. The standard InChI is InChI=1S/C22H44/c1-5-6-7-8-9-10-11-12-13-14-15-16-17-18-19-20-21-22(2,3)4/h13-14H,5-12,15-21H2,1-4H3/b14-13+. The molecule has 0 spiro atoms. The van der Waals surface area contributed by atoms with Crippen molar-refractivity contribution in [2.24, 2.45) is 5.41 Å². The molecule has 0 saturated carbocycles. The van der Waals surface area contributed by atoms with Crippen molar-refractivity contribution in [2.75, 3.05) is 0 Å². The molecule has 0 unspecified atom stereocenters. The van der Waals surface area contributed by atoms with Crippen LogP contribution in [-0.2, 0) is 0 Å². The van der Waals surface area contributed by atoms with Gasteiger partial charge in [-0.1, -0.05) is 104 Å². The van der Waals surface area contributed by atoms with E-state index in [4.69, 9.17) is 0 Å². The lowest BCUT2D eigenvalue weighted by Gasteiger charge is -2.17. The molecular formula is C22H44. The highest BCUT2D eigenvalue weighted by Crippen LogP contribution is 2.22. The maximum atomic E-state index is 2.42. The highest BCUT2D eigenvalue weighted by Gasteiger charge is 2.08. The van der Waals surface area contributed by atoms with Gasteiger partial charge in [0.15, 0.2) is 0 Å². The Balaban J connectivity index is 3.12. The molecule has 0 rings (SSSR count). The van der Waals surface area contributed by atoms with Crippen LogP contribution in [0.25, 0.3) is 0 Å². The van der Waals surface area contributed by atoms with E-state index in [1.807, 2.05) is 0 Å². The molecule has 0 saturated heterocycles. The van der Waals surface area contributed by atoms with Gasteiger partial charge in [-0.05, 0) is 37.5 Å². The lowest BCUT2D eigenvalue weighted by Crippen LogP contribution is -2.03. The second-order valence-electron chi connectivity index (χ2n) is 8.25. The molecule has 0 N–H and O–H groups in total. The largest absolute Gasteiger partial charge is 0.0885 e. The van der Waals surface area contributed by atoms with E-state index in [-0.39, 0.29) is 0 Å². The summed E-state index contributed by atoms with van der Waals surface area (Å²) in [6, 6.07) is 0. The molecule has 0 atom stereocenters. The zero-order chi connectivity index (χ0) is 16.5. The minimum absolute atomic E-state index is 0.527. The highest BCUT2D eigenvalue weighted by atomic mass is 14.1. The Bertz CT molecular complexity index is 231. The minimum atomic E-state index is 0.527. The van der Waals surface area contributed by atoms with Crippen molar-refractivity contribution in [2.45, 2.75) is 124 Å². The Labute approximate surface area is 142 Å². The summed E-state index contributed by atoms with van der Waals surface area (Å²) in [7, 11) is 0. The third-order valence-corrected chi connectivity index (χ3v) is 4.44. The molecule has 0 nitrogen and oxygen atoms in total. The van der Waals surface area contributed by atoms with E-state index in [2.05, 4.69) is 39.8 Å². The van der Waals surface area contributed by atoms with Crippen molar-refractivity contribution >= 4 is 0 Å². The second-order valence-corrected chi connectivity index (χ2v) is 8.25. The van der Waals surface area contributed by atoms with Gasteiger partial charge in [0.1, 0.15) is 0 Å². The highest BCUT2D eigenvalue weighted by molar-refractivity contribution is 4.81. The van der Waals surface area contributed by atoms with E-state index < -0.39 is 0 Å². The van der Waals surface area contributed by atoms with Gasteiger partial charge >= 0.3 is 0 Å². The van der Waals surface area contributed by atoms with Gasteiger partial charge in [0.25, 0.3) is 0 Å². The number of rotatable bonds is 15. The summed E-state index contributed by atoms with van der Waals surface area (Å²) in [5.41, 5.74) is 0.527. The summed E-state index contributed by atoms with van der Waals surface area (Å²) >= 11 is 0. The quantitative estimate of drug-likeness (QED) is 0.210. The Hall–Kier alpha value is -0.260. The molecule has 0 aromatic heterocycles. The molecule has 0 radical (unpaired) electrons.